The second-order valence-electron chi connectivity index (χ2n) is 5.15. The molecule has 1 aromatic rings. The van der Waals surface area contributed by atoms with E-state index in [-0.39, 0.29) is 18.1 Å². The van der Waals surface area contributed by atoms with Crippen LogP contribution in [0.2, 0.25) is 0 Å². The molecule has 1 N–H and O–H groups in total. The zero-order valence-corrected chi connectivity index (χ0v) is 14.0. The summed E-state index contributed by atoms with van der Waals surface area (Å²) >= 11 is 1.28. The summed E-state index contributed by atoms with van der Waals surface area (Å²) in [5, 5.41) is 2.73. The number of hydrogen-bond acceptors (Lipinski definition) is 4. The topological polar surface area (TPSA) is 55.4 Å². The summed E-state index contributed by atoms with van der Waals surface area (Å²) in [6, 6.07) is 6.44. The fourth-order valence-corrected chi connectivity index (χ4v) is 3.01. The number of amides is 1. The second-order valence-corrected chi connectivity index (χ2v) is 6.29. The smallest absolute Gasteiger partial charge is 0.331 e. The van der Waals surface area contributed by atoms with Gasteiger partial charge in [0.25, 0.3) is 0 Å². The fraction of sp³-hybridized carbons (Fsp3) is 0.500. The maximum Gasteiger partial charge on any atom is 0.331 e. The first-order valence-corrected chi connectivity index (χ1v) is 8.18. The molecule has 0 radical (unpaired) electrons. The molecule has 1 unspecified atom stereocenters. The lowest BCUT2D eigenvalue weighted by atomic mass is 9.96. The van der Waals surface area contributed by atoms with Crippen LogP contribution in [-0.2, 0) is 14.3 Å². The van der Waals surface area contributed by atoms with Crippen molar-refractivity contribution in [1.29, 1.82) is 0 Å². The maximum absolute atomic E-state index is 13.5. The highest BCUT2D eigenvalue weighted by molar-refractivity contribution is 7.99. The molecule has 1 rings (SSSR count). The Morgan fingerprint density at radius 3 is 2.64 bits per heavy atom. The number of thioether (sulfide) groups is 1. The first-order valence-electron chi connectivity index (χ1n) is 7.19. The minimum absolute atomic E-state index is 0.204. The molecule has 4 nitrogen and oxygen atoms in total. The summed E-state index contributed by atoms with van der Waals surface area (Å²) in [6.45, 7) is 3.59. The van der Waals surface area contributed by atoms with E-state index in [9.17, 15) is 14.0 Å². The molecule has 1 amide bonds. The van der Waals surface area contributed by atoms with Crippen molar-refractivity contribution in [3.05, 3.63) is 30.1 Å². The molecule has 1 atom stereocenters. The Morgan fingerprint density at radius 2 is 2.05 bits per heavy atom. The van der Waals surface area contributed by atoms with Gasteiger partial charge in [0.1, 0.15) is 11.4 Å². The van der Waals surface area contributed by atoms with Crippen LogP contribution in [0.15, 0.2) is 29.2 Å². The van der Waals surface area contributed by atoms with Crippen LogP contribution in [0.5, 0.6) is 0 Å². The van der Waals surface area contributed by atoms with Crippen molar-refractivity contribution < 1.29 is 18.7 Å². The Labute approximate surface area is 134 Å². The van der Waals surface area contributed by atoms with Gasteiger partial charge in [0.05, 0.1) is 7.11 Å². The fourth-order valence-electron chi connectivity index (χ4n) is 2.13. The van der Waals surface area contributed by atoms with Crippen LogP contribution in [0.1, 0.15) is 33.1 Å². The highest BCUT2D eigenvalue weighted by Crippen LogP contribution is 2.22. The summed E-state index contributed by atoms with van der Waals surface area (Å²) in [5.41, 5.74) is -1.01. The van der Waals surface area contributed by atoms with Crippen molar-refractivity contribution in [3.63, 3.8) is 0 Å². The average molecular weight is 327 g/mol. The predicted molar refractivity (Wildman–Crippen MR) is 85.2 cm³/mol. The third-order valence-corrected chi connectivity index (χ3v) is 4.27. The lowest BCUT2D eigenvalue weighted by molar-refractivity contribution is -0.150. The average Bonchev–Trinajstić information content (AvgIpc) is 2.48. The molecule has 0 aliphatic carbocycles. The van der Waals surface area contributed by atoms with Gasteiger partial charge >= 0.3 is 5.97 Å². The third-order valence-electron chi connectivity index (χ3n) is 3.22. The van der Waals surface area contributed by atoms with E-state index in [1.807, 2.05) is 6.92 Å². The number of esters is 1. The number of carbonyl (C=O) groups excluding carboxylic acids is 2. The Balaban J connectivity index is 2.51. The Bertz CT molecular complexity index is 524. The molecular weight excluding hydrogens is 305 g/mol. The molecule has 0 bridgehead atoms. The normalized spacial score (nSPS) is 13.3. The lowest BCUT2D eigenvalue weighted by Crippen LogP contribution is -2.52. The first-order chi connectivity index (χ1) is 10.4. The van der Waals surface area contributed by atoms with E-state index < -0.39 is 11.5 Å². The van der Waals surface area contributed by atoms with Crippen LogP contribution in [0.25, 0.3) is 0 Å². The van der Waals surface area contributed by atoms with Crippen LogP contribution in [0, 0.1) is 5.82 Å². The SMILES string of the molecule is CCCC(C)(NC(=O)CCSc1ccccc1F)C(=O)OC. The number of nitrogens with one attached hydrogen (secondary N) is 1. The van der Waals surface area contributed by atoms with Crippen molar-refractivity contribution in [2.24, 2.45) is 0 Å². The molecule has 0 heterocycles. The summed E-state index contributed by atoms with van der Waals surface area (Å²) in [6.07, 6.45) is 1.46. The van der Waals surface area contributed by atoms with Gasteiger partial charge in [-0.15, -0.1) is 11.8 Å². The highest BCUT2D eigenvalue weighted by Gasteiger charge is 2.34. The molecule has 6 heteroatoms. The van der Waals surface area contributed by atoms with Gasteiger partial charge in [0, 0.05) is 17.1 Å². The minimum atomic E-state index is -1.01. The van der Waals surface area contributed by atoms with Gasteiger partial charge in [-0.05, 0) is 25.5 Å². The molecular formula is C16H22FNO3S. The molecule has 1 aromatic carbocycles. The summed E-state index contributed by atoms with van der Waals surface area (Å²) < 4.78 is 18.2. The highest BCUT2D eigenvalue weighted by atomic mass is 32.2. The number of hydrogen-bond donors (Lipinski definition) is 1. The largest absolute Gasteiger partial charge is 0.467 e. The van der Waals surface area contributed by atoms with Gasteiger partial charge in [-0.3, -0.25) is 4.79 Å². The van der Waals surface area contributed by atoms with Crippen molar-refractivity contribution >= 4 is 23.6 Å². The Hall–Kier alpha value is -1.56. The number of ether oxygens (including phenoxy) is 1. The molecule has 0 saturated heterocycles. The molecule has 122 valence electrons. The quantitative estimate of drug-likeness (QED) is 0.589. The van der Waals surface area contributed by atoms with E-state index in [2.05, 4.69) is 5.32 Å². The van der Waals surface area contributed by atoms with Crippen molar-refractivity contribution in [1.82, 2.24) is 5.32 Å². The molecule has 22 heavy (non-hydrogen) atoms. The number of rotatable bonds is 8. The van der Waals surface area contributed by atoms with E-state index in [0.29, 0.717) is 17.1 Å². The summed E-state index contributed by atoms with van der Waals surface area (Å²) in [4.78, 5) is 24.3. The summed E-state index contributed by atoms with van der Waals surface area (Å²) in [5.74, 6) is -0.552. The van der Waals surface area contributed by atoms with Crippen LogP contribution >= 0.6 is 11.8 Å². The van der Waals surface area contributed by atoms with E-state index in [1.165, 1.54) is 24.9 Å². The van der Waals surface area contributed by atoms with Gasteiger partial charge in [0.15, 0.2) is 0 Å². The number of halogens is 1. The van der Waals surface area contributed by atoms with Crippen LogP contribution in [0.3, 0.4) is 0 Å². The van der Waals surface area contributed by atoms with Crippen LogP contribution in [0.4, 0.5) is 4.39 Å². The van der Waals surface area contributed by atoms with Gasteiger partial charge in [-0.25, -0.2) is 9.18 Å². The lowest BCUT2D eigenvalue weighted by Gasteiger charge is -2.27. The van der Waals surface area contributed by atoms with Crippen LogP contribution < -0.4 is 5.32 Å². The van der Waals surface area contributed by atoms with Gasteiger partial charge < -0.3 is 10.1 Å². The molecule has 0 aliphatic rings. The molecule has 0 spiro atoms. The molecule has 0 aliphatic heterocycles. The first kappa shape index (κ1) is 18.5. The Morgan fingerprint density at radius 1 is 1.36 bits per heavy atom. The Kier molecular flexibility index (Phi) is 7.38. The predicted octanol–water partition coefficient (Wildman–Crippen LogP) is 3.16. The molecule has 0 saturated carbocycles. The number of methoxy groups -OCH3 is 1. The van der Waals surface area contributed by atoms with E-state index in [4.69, 9.17) is 4.74 Å². The maximum atomic E-state index is 13.5. The van der Waals surface area contributed by atoms with E-state index >= 15 is 0 Å². The summed E-state index contributed by atoms with van der Waals surface area (Å²) in [7, 11) is 1.30. The molecule has 0 aromatic heterocycles. The monoisotopic (exact) mass is 327 g/mol. The van der Waals surface area contributed by atoms with E-state index in [0.717, 1.165) is 6.42 Å². The second kappa shape index (κ2) is 8.78. The van der Waals surface area contributed by atoms with Gasteiger partial charge in [0.2, 0.25) is 5.91 Å². The van der Waals surface area contributed by atoms with Crippen molar-refractivity contribution in [2.75, 3.05) is 12.9 Å². The zero-order chi connectivity index (χ0) is 16.6. The van der Waals surface area contributed by atoms with Gasteiger partial charge in [-0.2, -0.15) is 0 Å². The number of benzene rings is 1. The van der Waals surface area contributed by atoms with Crippen LogP contribution in [-0.4, -0.2) is 30.3 Å². The number of carbonyl (C=O) groups is 2. The van der Waals surface area contributed by atoms with Crippen molar-refractivity contribution in [2.45, 2.75) is 43.5 Å². The molecule has 0 fully saturated rings. The van der Waals surface area contributed by atoms with Gasteiger partial charge in [-0.1, -0.05) is 25.5 Å². The third kappa shape index (κ3) is 5.33. The minimum Gasteiger partial charge on any atom is -0.467 e. The standard InChI is InChI=1S/C16H22FNO3S/c1-4-10-16(2,15(20)21-3)18-14(19)9-11-22-13-8-6-5-7-12(13)17/h5-8H,4,9-11H2,1-3H3,(H,18,19). The zero-order valence-electron chi connectivity index (χ0n) is 13.1. The van der Waals surface area contributed by atoms with Crippen molar-refractivity contribution in [3.8, 4) is 0 Å². The van der Waals surface area contributed by atoms with E-state index in [1.54, 1.807) is 25.1 Å².